The van der Waals surface area contributed by atoms with Crippen molar-refractivity contribution in [3.8, 4) is 16.9 Å². The van der Waals surface area contributed by atoms with E-state index in [1.807, 2.05) is 36.4 Å². The summed E-state index contributed by atoms with van der Waals surface area (Å²) in [6.07, 6.45) is 7.49. The Labute approximate surface area is 174 Å². The van der Waals surface area contributed by atoms with Crippen molar-refractivity contribution in [1.82, 2.24) is 15.3 Å². The molecule has 3 aromatic rings. The summed E-state index contributed by atoms with van der Waals surface area (Å²) in [5.74, 6) is 0.927. The van der Waals surface area contributed by atoms with Crippen LogP contribution in [0.2, 0.25) is 5.02 Å². The highest BCUT2D eigenvalue weighted by atomic mass is 35.5. The zero-order chi connectivity index (χ0) is 19.8. The number of aromatic nitrogens is 2. The largest absolute Gasteiger partial charge is 0.487 e. The van der Waals surface area contributed by atoms with Crippen molar-refractivity contribution in [3.05, 3.63) is 77.3 Å². The minimum atomic E-state index is -0.414. The minimum Gasteiger partial charge on any atom is -0.487 e. The Bertz CT molecular complexity index is 1050. The van der Waals surface area contributed by atoms with Crippen LogP contribution in [-0.2, 0) is 16.6 Å². The van der Waals surface area contributed by atoms with Crippen molar-refractivity contribution in [2.75, 3.05) is 6.54 Å². The van der Waals surface area contributed by atoms with Gasteiger partial charge >= 0.3 is 0 Å². The van der Waals surface area contributed by atoms with Crippen LogP contribution in [0.25, 0.3) is 11.1 Å². The number of para-hydroxylation sites is 1. The summed E-state index contributed by atoms with van der Waals surface area (Å²) in [6.45, 7) is 0.480. The Balaban J connectivity index is 1.27. The zero-order valence-corrected chi connectivity index (χ0v) is 16.5. The highest BCUT2D eigenvalue weighted by molar-refractivity contribution is 6.30. The lowest BCUT2D eigenvalue weighted by Crippen LogP contribution is -2.40. The molecule has 1 amide bonds. The first kappa shape index (κ1) is 18.1. The van der Waals surface area contributed by atoms with Gasteiger partial charge in [-0.1, -0.05) is 41.9 Å². The van der Waals surface area contributed by atoms with Gasteiger partial charge in [-0.25, -0.2) is 9.97 Å². The molecule has 0 bridgehead atoms. The van der Waals surface area contributed by atoms with E-state index in [0.29, 0.717) is 11.6 Å². The number of nitrogens with zero attached hydrogens (tertiary/aromatic N) is 2. The van der Waals surface area contributed by atoms with Gasteiger partial charge < -0.3 is 10.1 Å². The number of ether oxygens (including phenoxy) is 1. The van der Waals surface area contributed by atoms with E-state index in [-0.39, 0.29) is 12.0 Å². The van der Waals surface area contributed by atoms with Gasteiger partial charge in [0.15, 0.2) is 0 Å². The van der Waals surface area contributed by atoms with Crippen LogP contribution in [0.4, 0.5) is 0 Å². The SMILES string of the molecule is O=C(NCC1Cc2cccc(-c3cncnc3)c2O1)C1(c2ccc(Cl)cc2)CC1. The van der Waals surface area contributed by atoms with Crippen LogP contribution in [0.1, 0.15) is 24.0 Å². The van der Waals surface area contributed by atoms with E-state index in [1.54, 1.807) is 12.4 Å². The van der Waals surface area contributed by atoms with Gasteiger partial charge in [-0.2, -0.15) is 0 Å². The van der Waals surface area contributed by atoms with E-state index >= 15 is 0 Å². The molecule has 0 saturated heterocycles. The van der Waals surface area contributed by atoms with Crippen molar-refractivity contribution < 1.29 is 9.53 Å². The van der Waals surface area contributed by atoms with Gasteiger partial charge in [0.05, 0.1) is 12.0 Å². The molecule has 146 valence electrons. The second-order valence-electron chi connectivity index (χ2n) is 7.66. The van der Waals surface area contributed by atoms with Crippen LogP contribution in [-0.4, -0.2) is 28.5 Å². The summed E-state index contributed by atoms with van der Waals surface area (Å²) in [6, 6.07) is 13.7. The molecule has 29 heavy (non-hydrogen) atoms. The topological polar surface area (TPSA) is 64.1 Å². The van der Waals surface area contributed by atoms with E-state index in [9.17, 15) is 4.79 Å². The molecule has 5 nitrogen and oxygen atoms in total. The predicted octanol–water partition coefficient (Wildman–Crippen LogP) is 3.95. The number of hydrogen-bond donors (Lipinski definition) is 1. The van der Waals surface area contributed by atoms with Crippen molar-refractivity contribution in [2.45, 2.75) is 30.8 Å². The molecule has 6 heteroatoms. The molecule has 2 aromatic carbocycles. The van der Waals surface area contributed by atoms with Gasteiger partial charge in [-0.15, -0.1) is 0 Å². The molecule has 1 aliphatic carbocycles. The number of halogens is 1. The van der Waals surface area contributed by atoms with Crippen LogP contribution in [0.15, 0.2) is 61.2 Å². The first-order valence-electron chi connectivity index (χ1n) is 9.74. The molecular formula is C23H20ClN3O2. The van der Waals surface area contributed by atoms with Crippen molar-refractivity contribution in [3.63, 3.8) is 0 Å². The normalized spacial score (nSPS) is 18.6. The van der Waals surface area contributed by atoms with Crippen LogP contribution >= 0.6 is 11.6 Å². The monoisotopic (exact) mass is 405 g/mol. The van der Waals surface area contributed by atoms with E-state index < -0.39 is 5.41 Å². The lowest BCUT2D eigenvalue weighted by atomic mass is 9.95. The summed E-state index contributed by atoms with van der Waals surface area (Å²) in [5, 5.41) is 3.80. The lowest BCUT2D eigenvalue weighted by Gasteiger charge is -2.18. The number of carbonyl (C=O) groups excluding carboxylic acids is 1. The van der Waals surface area contributed by atoms with Gasteiger partial charge in [-0.05, 0) is 36.1 Å². The van der Waals surface area contributed by atoms with Gasteiger partial charge in [0, 0.05) is 35.0 Å². The average molecular weight is 406 g/mol. The number of hydrogen-bond acceptors (Lipinski definition) is 4. The van der Waals surface area contributed by atoms with Crippen LogP contribution in [0.3, 0.4) is 0 Å². The Hall–Kier alpha value is -2.92. The molecular weight excluding hydrogens is 386 g/mol. The fraction of sp³-hybridized carbons (Fsp3) is 0.261. The molecule has 1 aliphatic heterocycles. The fourth-order valence-corrected chi connectivity index (χ4v) is 4.16. The van der Waals surface area contributed by atoms with Crippen LogP contribution in [0.5, 0.6) is 5.75 Å². The highest BCUT2D eigenvalue weighted by Gasteiger charge is 2.51. The second-order valence-corrected chi connectivity index (χ2v) is 8.10. The Kier molecular flexibility index (Phi) is 4.47. The number of benzene rings is 2. The van der Waals surface area contributed by atoms with E-state index in [1.165, 1.54) is 6.33 Å². The molecule has 1 saturated carbocycles. The summed E-state index contributed by atoms with van der Waals surface area (Å²) in [7, 11) is 0. The average Bonchev–Trinajstić information content (AvgIpc) is 3.46. The molecule has 2 heterocycles. The van der Waals surface area contributed by atoms with Crippen molar-refractivity contribution >= 4 is 17.5 Å². The third kappa shape index (κ3) is 3.36. The minimum absolute atomic E-state index is 0.0658. The van der Waals surface area contributed by atoms with Gasteiger partial charge in [-0.3, -0.25) is 4.79 Å². The number of amides is 1. The maximum atomic E-state index is 12.9. The van der Waals surface area contributed by atoms with E-state index in [0.717, 1.165) is 47.3 Å². The Morgan fingerprint density at radius 2 is 1.90 bits per heavy atom. The maximum absolute atomic E-state index is 12.9. The first-order chi connectivity index (χ1) is 14.2. The third-order valence-electron chi connectivity index (χ3n) is 5.77. The molecule has 1 unspecified atom stereocenters. The lowest BCUT2D eigenvalue weighted by molar-refractivity contribution is -0.123. The Morgan fingerprint density at radius 1 is 1.14 bits per heavy atom. The van der Waals surface area contributed by atoms with Crippen LogP contribution < -0.4 is 10.1 Å². The van der Waals surface area contributed by atoms with Gasteiger partial charge in [0.1, 0.15) is 18.2 Å². The van der Waals surface area contributed by atoms with Gasteiger partial charge in [0.25, 0.3) is 0 Å². The summed E-state index contributed by atoms with van der Waals surface area (Å²) < 4.78 is 6.21. The van der Waals surface area contributed by atoms with E-state index in [4.69, 9.17) is 16.3 Å². The fourth-order valence-electron chi connectivity index (χ4n) is 4.03. The van der Waals surface area contributed by atoms with E-state index in [2.05, 4.69) is 21.4 Å². The molecule has 1 atom stereocenters. The quantitative estimate of drug-likeness (QED) is 0.698. The van der Waals surface area contributed by atoms with Crippen molar-refractivity contribution in [2.24, 2.45) is 0 Å². The van der Waals surface area contributed by atoms with Crippen molar-refractivity contribution in [1.29, 1.82) is 0 Å². The molecule has 2 aliphatic rings. The highest BCUT2D eigenvalue weighted by Crippen LogP contribution is 2.48. The molecule has 1 N–H and O–H groups in total. The molecule has 1 aromatic heterocycles. The smallest absolute Gasteiger partial charge is 0.230 e. The summed E-state index contributed by atoms with van der Waals surface area (Å²) in [4.78, 5) is 21.1. The molecule has 0 spiro atoms. The number of carbonyl (C=O) groups is 1. The molecule has 5 rings (SSSR count). The molecule has 0 radical (unpaired) electrons. The number of fused-ring (bicyclic) bond motifs is 1. The first-order valence-corrected chi connectivity index (χ1v) is 10.1. The Morgan fingerprint density at radius 3 is 2.62 bits per heavy atom. The number of nitrogens with one attached hydrogen (secondary N) is 1. The maximum Gasteiger partial charge on any atom is 0.230 e. The predicted molar refractivity (Wildman–Crippen MR) is 111 cm³/mol. The zero-order valence-electron chi connectivity index (χ0n) is 15.8. The second kappa shape index (κ2) is 7.16. The summed E-state index contributed by atoms with van der Waals surface area (Å²) in [5.41, 5.74) is 3.67. The third-order valence-corrected chi connectivity index (χ3v) is 6.02. The molecule has 1 fully saturated rings. The summed E-state index contributed by atoms with van der Waals surface area (Å²) >= 11 is 5.99. The number of rotatable bonds is 5. The standard InChI is InChI=1S/C23H20ClN3O2/c24-18-6-4-17(5-7-18)23(8-9-23)22(28)27-13-19-10-15-2-1-3-20(21(15)29-19)16-11-25-14-26-12-16/h1-7,11-12,14,19H,8-10,13H2,(H,27,28). The van der Waals surface area contributed by atoms with Crippen LogP contribution in [0, 0.1) is 0 Å². The van der Waals surface area contributed by atoms with Gasteiger partial charge in [0.2, 0.25) is 5.91 Å².